The van der Waals surface area contributed by atoms with Crippen molar-refractivity contribution in [3.8, 4) is 11.5 Å². The average molecular weight is 281 g/mol. The maximum Gasteiger partial charge on any atom is 0.255 e. The van der Waals surface area contributed by atoms with Gasteiger partial charge < -0.3 is 25.7 Å². The van der Waals surface area contributed by atoms with Gasteiger partial charge >= 0.3 is 0 Å². The molecule has 0 saturated carbocycles. The van der Waals surface area contributed by atoms with E-state index >= 15 is 0 Å². The highest BCUT2D eigenvalue weighted by molar-refractivity contribution is 5.98. The molecular weight excluding hydrogens is 262 g/mol. The number of nitrogens with zero attached hydrogens (tertiary/aromatic N) is 1. The molecule has 0 saturated heterocycles. The molecular formula is C13H19N3O4. The highest BCUT2D eigenvalue weighted by Gasteiger charge is 2.18. The van der Waals surface area contributed by atoms with Gasteiger partial charge in [-0.15, -0.1) is 0 Å². The van der Waals surface area contributed by atoms with E-state index in [1.165, 1.54) is 14.2 Å². The number of rotatable bonds is 6. The summed E-state index contributed by atoms with van der Waals surface area (Å²) in [6, 6.07) is 4.75. The van der Waals surface area contributed by atoms with Gasteiger partial charge in [-0.25, -0.2) is 0 Å². The Morgan fingerprint density at radius 2 is 2.15 bits per heavy atom. The number of para-hydroxylation sites is 1. The summed E-state index contributed by atoms with van der Waals surface area (Å²) in [7, 11) is 2.97. The fraction of sp³-hybridized carbons (Fsp3) is 0.385. The minimum absolute atomic E-state index is 0.0513. The van der Waals surface area contributed by atoms with Gasteiger partial charge in [-0.3, -0.25) is 4.79 Å². The molecule has 0 aliphatic heterocycles. The molecule has 20 heavy (non-hydrogen) atoms. The molecule has 7 heteroatoms. The predicted octanol–water partition coefficient (Wildman–Crippen LogP) is 0.959. The fourth-order valence-electron chi connectivity index (χ4n) is 1.77. The van der Waals surface area contributed by atoms with Crippen LogP contribution in [0.3, 0.4) is 0 Å². The van der Waals surface area contributed by atoms with Gasteiger partial charge in [-0.05, 0) is 19.1 Å². The molecule has 1 aromatic carbocycles. The number of carbonyl (C=O) groups excluding carboxylic acids is 1. The van der Waals surface area contributed by atoms with Crippen LogP contribution in [0.4, 0.5) is 0 Å². The number of ether oxygens (including phenoxy) is 2. The van der Waals surface area contributed by atoms with Crippen molar-refractivity contribution < 1.29 is 19.5 Å². The molecule has 1 rings (SSSR count). The van der Waals surface area contributed by atoms with E-state index in [1.54, 1.807) is 25.1 Å². The molecule has 0 bridgehead atoms. The molecule has 7 nitrogen and oxygen atoms in total. The molecule has 0 aliphatic rings. The van der Waals surface area contributed by atoms with Crippen LogP contribution in [0.25, 0.3) is 0 Å². The van der Waals surface area contributed by atoms with Crippen LogP contribution in [0.5, 0.6) is 11.5 Å². The maximum atomic E-state index is 12.2. The van der Waals surface area contributed by atoms with Crippen LogP contribution in [-0.4, -0.2) is 37.2 Å². The minimum Gasteiger partial charge on any atom is -0.493 e. The monoisotopic (exact) mass is 281 g/mol. The smallest absolute Gasteiger partial charge is 0.255 e. The van der Waals surface area contributed by atoms with Gasteiger partial charge in [0.1, 0.15) is 5.84 Å². The lowest BCUT2D eigenvalue weighted by atomic mass is 10.1. The van der Waals surface area contributed by atoms with E-state index in [0.717, 1.165) is 0 Å². The second kappa shape index (κ2) is 7.22. The molecule has 4 N–H and O–H groups in total. The van der Waals surface area contributed by atoms with E-state index in [-0.39, 0.29) is 24.2 Å². The van der Waals surface area contributed by atoms with Gasteiger partial charge in [0.15, 0.2) is 11.5 Å². The van der Waals surface area contributed by atoms with Gasteiger partial charge in [0, 0.05) is 12.5 Å². The quantitative estimate of drug-likeness (QED) is 0.311. The van der Waals surface area contributed by atoms with E-state index in [0.29, 0.717) is 17.1 Å². The Labute approximate surface area is 117 Å². The SMILES string of the molecule is COc1cccc(C(=O)NC(C)CC(N)=NO)c1OC. The van der Waals surface area contributed by atoms with Crippen molar-refractivity contribution in [1.82, 2.24) is 5.32 Å². The Morgan fingerprint density at radius 3 is 2.70 bits per heavy atom. The number of amides is 1. The fourth-order valence-corrected chi connectivity index (χ4v) is 1.77. The summed E-state index contributed by atoms with van der Waals surface area (Å²) in [5.41, 5.74) is 5.75. The van der Waals surface area contributed by atoms with Gasteiger partial charge in [0.25, 0.3) is 5.91 Å². The molecule has 1 aromatic rings. The normalized spacial score (nSPS) is 12.7. The average Bonchev–Trinajstić information content (AvgIpc) is 2.45. The lowest BCUT2D eigenvalue weighted by molar-refractivity contribution is 0.0937. The Morgan fingerprint density at radius 1 is 1.45 bits per heavy atom. The summed E-state index contributed by atoms with van der Waals surface area (Å²) < 4.78 is 10.3. The van der Waals surface area contributed by atoms with Crippen molar-refractivity contribution >= 4 is 11.7 Å². The lowest BCUT2D eigenvalue weighted by Crippen LogP contribution is -2.36. The number of carbonyl (C=O) groups is 1. The van der Waals surface area contributed by atoms with Crippen molar-refractivity contribution in [2.24, 2.45) is 10.9 Å². The number of hydrogen-bond acceptors (Lipinski definition) is 5. The molecule has 110 valence electrons. The zero-order valence-electron chi connectivity index (χ0n) is 11.7. The van der Waals surface area contributed by atoms with Crippen molar-refractivity contribution in [2.45, 2.75) is 19.4 Å². The second-order valence-electron chi connectivity index (χ2n) is 4.21. The number of amidine groups is 1. The van der Waals surface area contributed by atoms with Crippen molar-refractivity contribution in [1.29, 1.82) is 0 Å². The molecule has 0 spiro atoms. The number of oxime groups is 1. The van der Waals surface area contributed by atoms with E-state index < -0.39 is 0 Å². The number of nitrogens with two attached hydrogens (primary N) is 1. The molecule has 0 aromatic heterocycles. The molecule has 0 fully saturated rings. The summed E-state index contributed by atoms with van der Waals surface area (Å²) in [5.74, 6) is 0.571. The van der Waals surface area contributed by atoms with Crippen LogP contribution in [0.15, 0.2) is 23.4 Å². The number of benzene rings is 1. The molecule has 0 heterocycles. The summed E-state index contributed by atoms with van der Waals surface area (Å²) in [6.45, 7) is 1.75. The van der Waals surface area contributed by atoms with Crippen molar-refractivity contribution in [2.75, 3.05) is 14.2 Å². The zero-order chi connectivity index (χ0) is 15.1. The maximum absolute atomic E-state index is 12.2. The van der Waals surface area contributed by atoms with Gasteiger partial charge in [-0.2, -0.15) is 0 Å². The molecule has 1 amide bonds. The van der Waals surface area contributed by atoms with Gasteiger partial charge in [0.05, 0.1) is 19.8 Å². The summed E-state index contributed by atoms with van der Waals surface area (Å²) >= 11 is 0. The second-order valence-corrected chi connectivity index (χ2v) is 4.21. The van der Waals surface area contributed by atoms with Gasteiger partial charge in [0.2, 0.25) is 0 Å². The third-order valence-corrected chi connectivity index (χ3v) is 2.67. The van der Waals surface area contributed by atoms with Crippen LogP contribution in [0.1, 0.15) is 23.7 Å². The third kappa shape index (κ3) is 3.78. The number of hydrogen-bond donors (Lipinski definition) is 3. The molecule has 0 radical (unpaired) electrons. The Bertz CT molecular complexity index is 502. The largest absolute Gasteiger partial charge is 0.493 e. The Balaban J connectivity index is 2.87. The molecule has 0 aliphatic carbocycles. The summed E-state index contributed by atoms with van der Waals surface area (Å²) in [6.07, 6.45) is 0.245. The third-order valence-electron chi connectivity index (χ3n) is 2.67. The first kappa shape index (κ1) is 15.6. The van der Waals surface area contributed by atoms with Crippen LogP contribution in [0, 0.1) is 0 Å². The highest BCUT2D eigenvalue weighted by Crippen LogP contribution is 2.30. The first-order chi connectivity index (χ1) is 9.53. The summed E-state index contributed by atoms with van der Waals surface area (Å²) in [5, 5.41) is 14.1. The van der Waals surface area contributed by atoms with Crippen molar-refractivity contribution in [3.05, 3.63) is 23.8 Å². The number of methoxy groups -OCH3 is 2. The number of nitrogens with one attached hydrogen (secondary N) is 1. The highest BCUT2D eigenvalue weighted by atomic mass is 16.5. The Hall–Kier alpha value is -2.44. The standard InChI is InChI=1S/C13H19N3O4/c1-8(7-11(14)16-18)15-13(17)9-5-4-6-10(19-2)12(9)20-3/h4-6,8,18H,7H2,1-3H3,(H2,14,16)(H,15,17). The van der Waals surface area contributed by atoms with E-state index in [4.69, 9.17) is 20.4 Å². The van der Waals surface area contributed by atoms with Crippen LogP contribution >= 0.6 is 0 Å². The Kier molecular flexibility index (Phi) is 5.64. The van der Waals surface area contributed by atoms with E-state index in [1.807, 2.05) is 0 Å². The van der Waals surface area contributed by atoms with Crippen LogP contribution in [0.2, 0.25) is 0 Å². The van der Waals surface area contributed by atoms with Crippen LogP contribution < -0.4 is 20.5 Å². The first-order valence-corrected chi connectivity index (χ1v) is 6.01. The predicted molar refractivity (Wildman–Crippen MR) is 74.5 cm³/mol. The van der Waals surface area contributed by atoms with Gasteiger partial charge in [-0.1, -0.05) is 11.2 Å². The molecule has 1 atom stereocenters. The van der Waals surface area contributed by atoms with Crippen molar-refractivity contribution in [3.63, 3.8) is 0 Å². The topological polar surface area (TPSA) is 106 Å². The zero-order valence-corrected chi connectivity index (χ0v) is 11.7. The van der Waals surface area contributed by atoms with Crippen LogP contribution in [-0.2, 0) is 0 Å². The van der Waals surface area contributed by atoms with E-state index in [2.05, 4.69) is 10.5 Å². The summed E-state index contributed by atoms with van der Waals surface area (Å²) in [4.78, 5) is 12.2. The molecule has 1 unspecified atom stereocenters. The first-order valence-electron chi connectivity index (χ1n) is 6.01. The lowest BCUT2D eigenvalue weighted by Gasteiger charge is -2.16. The van der Waals surface area contributed by atoms with E-state index in [9.17, 15) is 4.79 Å². The minimum atomic E-state index is -0.320.